The summed E-state index contributed by atoms with van der Waals surface area (Å²) in [6, 6.07) is 3.59. The lowest BCUT2D eigenvalue weighted by atomic mass is 10.3. The van der Waals surface area contributed by atoms with Crippen LogP contribution in [-0.4, -0.2) is 7.11 Å². The average molecular weight is 300 g/mol. The Labute approximate surface area is 86.9 Å². The second-order valence-electron chi connectivity index (χ2n) is 1.90. The normalized spacial score (nSPS) is 9.82. The fraction of sp³-hybridized carbons (Fsp3) is 0.143. The molecular weight excluding hydrogens is 295 g/mol. The molecule has 60 valence electrons. The number of benzene rings is 1. The van der Waals surface area contributed by atoms with E-state index < -0.39 is 0 Å². The second kappa shape index (κ2) is 3.78. The van der Waals surface area contributed by atoms with Gasteiger partial charge in [0.25, 0.3) is 0 Å². The Balaban J connectivity index is 3.21. The molecule has 0 N–H and O–H groups in total. The highest BCUT2D eigenvalue weighted by Crippen LogP contribution is 2.33. The van der Waals surface area contributed by atoms with Gasteiger partial charge in [-0.2, -0.15) is 0 Å². The van der Waals surface area contributed by atoms with Crippen molar-refractivity contribution in [3.8, 4) is 5.75 Å². The zero-order valence-electron chi connectivity index (χ0n) is 5.70. The van der Waals surface area contributed by atoms with Crippen LogP contribution < -0.4 is 4.74 Å². The molecule has 0 aliphatic rings. The Morgan fingerprint density at radius 2 is 1.91 bits per heavy atom. The highest BCUT2D eigenvalue weighted by molar-refractivity contribution is 9.11. The molecule has 0 heterocycles. The van der Waals surface area contributed by atoms with Crippen molar-refractivity contribution in [2.75, 3.05) is 7.11 Å². The minimum atomic E-state index is 0.665. The number of hydrogen-bond acceptors (Lipinski definition) is 1. The molecular formula is C7H5Br2ClO. The quantitative estimate of drug-likeness (QED) is 0.715. The lowest BCUT2D eigenvalue weighted by Crippen LogP contribution is -1.84. The SMILES string of the molecule is COc1cc(Br)c(Cl)cc1Br. The monoisotopic (exact) mass is 298 g/mol. The van der Waals surface area contributed by atoms with E-state index in [9.17, 15) is 0 Å². The molecule has 1 aromatic rings. The Bertz CT molecular complexity index is 275. The standard InChI is InChI=1S/C7H5Br2ClO/c1-11-7-3-4(8)6(10)2-5(7)9/h2-3H,1H3. The highest BCUT2D eigenvalue weighted by Gasteiger charge is 2.03. The van der Waals surface area contributed by atoms with Gasteiger partial charge < -0.3 is 4.74 Å². The second-order valence-corrected chi connectivity index (χ2v) is 4.02. The lowest BCUT2D eigenvalue weighted by Gasteiger charge is -2.04. The van der Waals surface area contributed by atoms with E-state index in [0.717, 1.165) is 14.7 Å². The smallest absolute Gasteiger partial charge is 0.134 e. The van der Waals surface area contributed by atoms with Gasteiger partial charge in [-0.15, -0.1) is 0 Å². The summed E-state index contributed by atoms with van der Waals surface area (Å²) in [7, 11) is 1.61. The predicted octanol–water partition coefficient (Wildman–Crippen LogP) is 3.87. The summed E-state index contributed by atoms with van der Waals surface area (Å²) in [5, 5.41) is 0.665. The van der Waals surface area contributed by atoms with Crippen LogP contribution in [0.25, 0.3) is 0 Å². The molecule has 0 saturated heterocycles. The van der Waals surface area contributed by atoms with Crippen LogP contribution in [-0.2, 0) is 0 Å². The van der Waals surface area contributed by atoms with Gasteiger partial charge in [-0.25, -0.2) is 0 Å². The molecule has 0 aromatic heterocycles. The van der Waals surface area contributed by atoms with Crippen molar-refractivity contribution >= 4 is 43.5 Å². The van der Waals surface area contributed by atoms with Crippen molar-refractivity contribution in [1.29, 1.82) is 0 Å². The van der Waals surface area contributed by atoms with Crippen LogP contribution in [0.3, 0.4) is 0 Å². The molecule has 1 aromatic carbocycles. The van der Waals surface area contributed by atoms with E-state index in [0.29, 0.717) is 5.02 Å². The molecule has 0 bridgehead atoms. The van der Waals surface area contributed by atoms with E-state index in [4.69, 9.17) is 16.3 Å². The van der Waals surface area contributed by atoms with E-state index in [-0.39, 0.29) is 0 Å². The van der Waals surface area contributed by atoms with Gasteiger partial charge in [0.05, 0.1) is 16.6 Å². The summed E-state index contributed by atoms with van der Waals surface area (Å²) in [5.41, 5.74) is 0. The van der Waals surface area contributed by atoms with Crippen LogP contribution in [0.4, 0.5) is 0 Å². The van der Waals surface area contributed by atoms with E-state index >= 15 is 0 Å². The van der Waals surface area contributed by atoms with Gasteiger partial charge in [-0.05, 0) is 44.0 Å². The molecule has 0 saturated carbocycles. The van der Waals surface area contributed by atoms with Crippen molar-refractivity contribution < 1.29 is 4.74 Å². The van der Waals surface area contributed by atoms with Crippen molar-refractivity contribution in [2.24, 2.45) is 0 Å². The maximum atomic E-state index is 5.81. The maximum Gasteiger partial charge on any atom is 0.134 e. The first-order valence-corrected chi connectivity index (χ1v) is 4.80. The van der Waals surface area contributed by atoms with E-state index in [1.165, 1.54) is 0 Å². The third kappa shape index (κ3) is 2.10. The predicted molar refractivity (Wildman–Crippen MR) is 53.4 cm³/mol. The number of halogens is 3. The summed E-state index contributed by atoms with van der Waals surface area (Å²) < 4.78 is 6.73. The molecule has 0 spiro atoms. The fourth-order valence-electron chi connectivity index (χ4n) is 0.661. The topological polar surface area (TPSA) is 9.23 Å². The zero-order chi connectivity index (χ0) is 8.43. The number of methoxy groups -OCH3 is 1. The summed E-state index contributed by atoms with van der Waals surface area (Å²) in [5.74, 6) is 0.765. The maximum absolute atomic E-state index is 5.81. The first kappa shape index (κ1) is 9.36. The summed E-state index contributed by atoms with van der Waals surface area (Å²) in [6.07, 6.45) is 0. The highest BCUT2D eigenvalue weighted by atomic mass is 79.9. The minimum absolute atomic E-state index is 0.665. The van der Waals surface area contributed by atoms with Crippen molar-refractivity contribution in [3.63, 3.8) is 0 Å². The Kier molecular flexibility index (Phi) is 3.22. The zero-order valence-corrected chi connectivity index (χ0v) is 9.62. The first-order chi connectivity index (χ1) is 5.15. The molecule has 4 heteroatoms. The van der Waals surface area contributed by atoms with Gasteiger partial charge in [-0.3, -0.25) is 0 Å². The van der Waals surface area contributed by atoms with Crippen molar-refractivity contribution in [2.45, 2.75) is 0 Å². The number of ether oxygens (including phenoxy) is 1. The summed E-state index contributed by atoms with van der Waals surface area (Å²) in [6.45, 7) is 0. The van der Waals surface area contributed by atoms with Gasteiger partial charge in [0, 0.05) is 4.47 Å². The fourth-order valence-corrected chi connectivity index (χ4v) is 1.78. The van der Waals surface area contributed by atoms with Crippen LogP contribution in [0.5, 0.6) is 5.75 Å². The molecule has 1 rings (SSSR count). The molecule has 0 fully saturated rings. The molecule has 0 aliphatic carbocycles. The molecule has 0 aliphatic heterocycles. The van der Waals surface area contributed by atoms with E-state index in [2.05, 4.69) is 31.9 Å². The van der Waals surface area contributed by atoms with Crippen LogP contribution >= 0.6 is 43.5 Å². The van der Waals surface area contributed by atoms with Crippen LogP contribution in [0, 0.1) is 0 Å². The Morgan fingerprint density at radius 1 is 1.27 bits per heavy atom. The van der Waals surface area contributed by atoms with Gasteiger partial charge in [-0.1, -0.05) is 11.6 Å². The van der Waals surface area contributed by atoms with Crippen LogP contribution in [0.15, 0.2) is 21.1 Å². The van der Waals surface area contributed by atoms with Crippen molar-refractivity contribution in [3.05, 3.63) is 26.1 Å². The molecule has 0 radical (unpaired) electrons. The molecule has 1 nitrogen and oxygen atoms in total. The number of rotatable bonds is 1. The number of hydrogen-bond donors (Lipinski definition) is 0. The molecule has 0 unspecified atom stereocenters. The van der Waals surface area contributed by atoms with Gasteiger partial charge in [0.15, 0.2) is 0 Å². The minimum Gasteiger partial charge on any atom is -0.496 e. The van der Waals surface area contributed by atoms with Crippen LogP contribution in [0.1, 0.15) is 0 Å². The molecule has 0 amide bonds. The van der Waals surface area contributed by atoms with Crippen LogP contribution in [0.2, 0.25) is 5.02 Å². The van der Waals surface area contributed by atoms with Crippen molar-refractivity contribution in [1.82, 2.24) is 0 Å². The molecule has 0 atom stereocenters. The first-order valence-electron chi connectivity index (χ1n) is 2.83. The van der Waals surface area contributed by atoms with E-state index in [1.807, 2.05) is 6.07 Å². The molecule has 11 heavy (non-hydrogen) atoms. The lowest BCUT2D eigenvalue weighted by molar-refractivity contribution is 0.412. The largest absolute Gasteiger partial charge is 0.496 e. The third-order valence-electron chi connectivity index (χ3n) is 1.19. The van der Waals surface area contributed by atoms with Gasteiger partial charge in [0.2, 0.25) is 0 Å². The van der Waals surface area contributed by atoms with Gasteiger partial charge in [0.1, 0.15) is 5.75 Å². The third-order valence-corrected chi connectivity index (χ3v) is 3.01. The Hall–Kier alpha value is 0.270. The summed E-state index contributed by atoms with van der Waals surface area (Å²) in [4.78, 5) is 0. The summed E-state index contributed by atoms with van der Waals surface area (Å²) >= 11 is 12.4. The van der Waals surface area contributed by atoms with Gasteiger partial charge >= 0.3 is 0 Å². The Morgan fingerprint density at radius 3 is 2.45 bits per heavy atom. The van der Waals surface area contributed by atoms with E-state index in [1.54, 1.807) is 13.2 Å². The average Bonchev–Trinajstić information content (AvgIpc) is 1.97.